The van der Waals surface area contributed by atoms with Crippen molar-refractivity contribution in [2.45, 2.75) is 69.7 Å². The van der Waals surface area contributed by atoms with Crippen LogP contribution in [0.25, 0.3) is 11.1 Å². The lowest BCUT2D eigenvalue weighted by molar-refractivity contribution is -0.146. The highest BCUT2D eigenvalue weighted by Gasteiger charge is 2.33. The largest absolute Gasteiger partial charge is 0.480 e. The van der Waals surface area contributed by atoms with Gasteiger partial charge in [0.1, 0.15) is 6.61 Å². The zero-order valence-electron chi connectivity index (χ0n) is 23.8. The van der Waals surface area contributed by atoms with Crippen LogP contribution >= 0.6 is 0 Å². The molecule has 220 valence electrons. The smallest absolute Gasteiger partial charge is 0.407 e. The number of hydrogen-bond acceptors (Lipinski definition) is 5. The van der Waals surface area contributed by atoms with E-state index in [1.165, 1.54) is 11.1 Å². The summed E-state index contributed by atoms with van der Waals surface area (Å²) in [4.78, 5) is 37.9. The van der Waals surface area contributed by atoms with Gasteiger partial charge in [-0.1, -0.05) is 91.7 Å². The average Bonchev–Trinajstić information content (AvgIpc) is 3.32. The van der Waals surface area contributed by atoms with E-state index >= 15 is 0 Å². The molecular formula is C34H38N2O6. The Morgan fingerprint density at radius 2 is 1.50 bits per heavy atom. The Hall–Kier alpha value is -4.17. The molecule has 0 unspecified atom stereocenters. The van der Waals surface area contributed by atoms with Crippen molar-refractivity contribution in [2.75, 3.05) is 6.61 Å². The molecule has 0 aromatic heterocycles. The van der Waals surface area contributed by atoms with Gasteiger partial charge in [-0.15, -0.1) is 0 Å². The molecule has 3 N–H and O–H groups in total. The van der Waals surface area contributed by atoms with Gasteiger partial charge < -0.3 is 25.2 Å². The maximum atomic E-state index is 13.0. The van der Waals surface area contributed by atoms with Gasteiger partial charge in [0.2, 0.25) is 5.91 Å². The standard InChI is InChI=1S/C34H38N2O6/c1-22(41-20-23-11-3-2-4-12-23)32(33(38)39)36-31(37)19-24-13-5-10-18-30(24)35-34(40)42-21-29-27-16-8-6-14-25(27)26-15-7-9-17-28(26)29/h2-4,6-9,11-12,14-17,22,24,29-30,32H,5,10,13,18-21H2,1H3,(H,35,40)(H,36,37)(H,38,39)/t22-,24-,30-,32+/m0/s1. The third kappa shape index (κ3) is 6.99. The fourth-order valence-corrected chi connectivity index (χ4v) is 6.18. The average molecular weight is 571 g/mol. The maximum absolute atomic E-state index is 13.0. The van der Waals surface area contributed by atoms with Crippen molar-refractivity contribution in [3.63, 3.8) is 0 Å². The number of ether oxygens (including phenoxy) is 2. The van der Waals surface area contributed by atoms with Crippen LogP contribution < -0.4 is 10.6 Å². The van der Waals surface area contributed by atoms with Gasteiger partial charge in [0.15, 0.2) is 6.04 Å². The summed E-state index contributed by atoms with van der Waals surface area (Å²) in [6.45, 7) is 2.11. The van der Waals surface area contributed by atoms with Crippen LogP contribution in [-0.4, -0.2) is 47.9 Å². The predicted molar refractivity (Wildman–Crippen MR) is 159 cm³/mol. The van der Waals surface area contributed by atoms with Crippen molar-refractivity contribution in [3.05, 3.63) is 95.6 Å². The first-order valence-corrected chi connectivity index (χ1v) is 14.7. The summed E-state index contributed by atoms with van der Waals surface area (Å²) in [5, 5.41) is 15.4. The van der Waals surface area contributed by atoms with Crippen LogP contribution in [0.5, 0.6) is 0 Å². The van der Waals surface area contributed by atoms with Crippen LogP contribution in [0.1, 0.15) is 61.6 Å². The first-order valence-electron chi connectivity index (χ1n) is 14.7. The van der Waals surface area contributed by atoms with Crippen molar-refractivity contribution in [2.24, 2.45) is 5.92 Å². The zero-order valence-corrected chi connectivity index (χ0v) is 23.8. The SMILES string of the molecule is C[C@H](OCc1ccccc1)[C@@H](NC(=O)C[C@@H]1CCCC[C@@H]1NC(=O)OCC1c2ccccc2-c2ccccc21)C(=O)O. The molecule has 0 radical (unpaired) electrons. The summed E-state index contributed by atoms with van der Waals surface area (Å²) < 4.78 is 11.5. The van der Waals surface area contributed by atoms with Gasteiger partial charge in [-0.05, 0) is 53.5 Å². The summed E-state index contributed by atoms with van der Waals surface area (Å²) in [5.41, 5.74) is 5.55. The zero-order chi connectivity index (χ0) is 29.5. The predicted octanol–water partition coefficient (Wildman–Crippen LogP) is 5.65. The highest BCUT2D eigenvalue weighted by molar-refractivity contribution is 5.84. The van der Waals surface area contributed by atoms with Gasteiger partial charge in [-0.2, -0.15) is 0 Å². The number of rotatable bonds is 11. The van der Waals surface area contributed by atoms with Crippen LogP contribution in [0.4, 0.5) is 4.79 Å². The Bertz CT molecular complexity index is 1350. The minimum absolute atomic E-state index is 0.0323. The molecule has 0 aliphatic heterocycles. The van der Waals surface area contributed by atoms with Crippen molar-refractivity contribution >= 4 is 18.0 Å². The number of carboxylic acid groups (broad SMARTS) is 1. The summed E-state index contributed by atoms with van der Waals surface area (Å²) in [5.74, 6) is -1.67. The van der Waals surface area contributed by atoms with E-state index in [4.69, 9.17) is 9.47 Å². The van der Waals surface area contributed by atoms with Gasteiger partial charge >= 0.3 is 12.1 Å². The summed E-state index contributed by atoms with van der Waals surface area (Å²) in [7, 11) is 0. The first kappa shape index (κ1) is 29.3. The number of aliphatic carboxylic acids is 1. The molecule has 3 aromatic rings. The summed E-state index contributed by atoms with van der Waals surface area (Å²) >= 11 is 0. The molecular weight excluding hydrogens is 532 g/mol. The normalized spacial score (nSPS) is 19.2. The minimum Gasteiger partial charge on any atom is -0.480 e. The van der Waals surface area contributed by atoms with E-state index < -0.39 is 24.2 Å². The second-order valence-electron chi connectivity index (χ2n) is 11.2. The summed E-state index contributed by atoms with van der Waals surface area (Å²) in [6.07, 6.45) is 2.27. The first-order chi connectivity index (χ1) is 20.4. The molecule has 42 heavy (non-hydrogen) atoms. The molecule has 4 atom stereocenters. The number of alkyl carbamates (subject to hydrolysis) is 1. The van der Waals surface area contributed by atoms with E-state index in [1.54, 1.807) is 6.92 Å². The third-order valence-electron chi connectivity index (χ3n) is 8.41. The second kappa shape index (κ2) is 13.7. The quantitative estimate of drug-likeness (QED) is 0.275. The van der Waals surface area contributed by atoms with Crippen LogP contribution in [0.15, 0.2) is 78.9 Å². The number of amides is 2. The molecule has 0 spiro atoms. The number of carbonyl (C=O) groups excluding carboxylic acids is 2. The molecule has 2 aliphatic carbocycles. The van der Waals surface area contributed by atoms with Crippen LogP contribution in [0.3, 0.4) is 0 Å². The lowest BCUT2D eigenvalue weighted by atomic mass is 9.82. The number of benzene rings is 3. The van der Waals surface area contributed by atoms with E-state index in [2.05, 4.69) is 34.9 Å². The van der Waals surface area contributed by atoms with E-state index in [1.807, 2.05) is 54.6 Å². The number of nitrogens with one attached hydrogen (secondary N) is 2. The molecule has 2 aliphatic rings. The van der Waals surface area contributed by atoms with E-state index in [9.17, 15) is 19.5 Å². The molecule has 3 aromatic carbocycles. The van der Waals surface area contributed by atoms with Crippen molar-refractivity contribution in [1.29, 1.82) is 0 Å². The highest BCUT2D eigenvalue weighted by Crippen LogP contribution is 2.44. The molecule has 2 amide bonds. The summed E-state index contributed by atoms with van der Waals surface area (Å²) in [6, 6.07) is 24.4. The Kier molecular flexibility index (Phi) is 9.54. The maximum Gasteiger partial charge on any atom is 0.407 e. The van der Waals surface area contributed by atoms with Gasteiger partial charge in [-0.3, -0.25) is 4.79 Å². The molecule has 5 rings (SSSR count). The highest BCUT2D eigenvalue weighted by atomic mass is 16.5. The van der Waals surface area contributed by atoms with E-state index in [0.29, 0.717) is 0 Å². The molecule has 8 heteroatoms. The fraction of sp³-hybridized carbons (Fsp3) is 0.382. The number of fused-ring (bicyclic) bond motifs is 3. The van der Waals surface area contributed by atoms with Crippen molar-refractivity contribution in [3.8, 4) is 11.1 Å². The molecule has 0 bridgehead atoms. The van der Waals surface area contributed by atoms with Crippen molar-refractivity contribution < 1.29 is 29.0 Å². The molecule has 0 heterocycles. The Morgan fingerprint density at radius 3 is 2.17 bits per heavy atom. The second-order valence-corrected chi connectivity index (χ2v) is 11.2. The van der Waals surface area contributed by atoms with Crippen LogP contribution in [-0.2, 0) is 25.7 Å². The lowest BCUT2D eigenvalue weighted by Gasteiger charge is -2.32. The Balaban J connectivity index is 1.14. The number of carbonyl (C=O) groups is 3. The van der Waals surface area contributed by atoms with Gasteiger partial charge in [-0.25, -0.2) is 9.59 Å². The third-order valence-corrected chi connectivity index (χ3v) is 8.41. The van der Waals surface area contributed by atoms with Gasteiger partial charge in [0, 0.05) is 18.4 Å². The Morgan fingerprint density at radius 1 is 0.881 bits per heavy atom. The molecule has 8 nitrogen and oxygen atoms in total. The number of hydrogen-bond donors (Lipinski definition) is 3. The van der Waals surface area contributed by atoms with Crippen molar-refractivity contribution in [1.82, 2.24) is 10.6 Å². The van der Waals surface area contributed by atoms with E-state index in [-0.39, 0.29) is 43.4 Å². The van der Waals surface area contributed by atoms with Gasteiger partial charge in [0.25, 0.3) is 0 Å². The minimum atomic E-state index is -1.18. The topological polar surface area (TPSA) is 114 Å². The number of carboxylic acids is 1. The van der Waals surface area contributed by atoms with Gasteiger partial charge in [0.05, 0.1) is 12.7 Å². The molecule has 1 fully saturated rings. The van der Waals surface area contributed by atoms with Crippen LogP contribution in [0, 0.1) is 5.92 Å². The van der Waals surface area contributed by atoms with E-state index in [0.717, 1.165) is 42.4 Å². The fourth-order valence-electron chi connectivity index (χ4n) is 6.18. The monoisotopic (exact) mass is 570 g/mol. The Labute approximate surface area is 246 Å². The molecule has 1 saturated carbocycles. The lowest BCUT2D eigenvalue weighted by Crippen LogP contribution is -2.50. The van der Waals surface area contributed by atoms with Crippen LogP contribution in [0.2, 0.25) is 0 Å². The molecule has 0 saturated heterocycles.